The van der Waals surface area contributed by atoms with Crippen LogP contribution in [-0.4, -0.2) is 46.6 Å². The molecule has 1 saturated carbocycles. The molecule has 1 aromatic heterocycles. The molecule has 1 aromatic carbocycles. The fraction of sp³-hybridized carbons (Fsp3) is 0.609. The molecule has 4 nitrogen and oxygen atoms in total. The van der Waals surface area contributed by atoms with Crippen molar-refractivity contribution in [3.63, 3.8) is 0 Å². The minimum absolute atomic E-state index is 0.0398. The van der Waals surface area contributed by atoms with E-state index in [0.29, 0.717) is 17.7 Å². The smallest absolute Gasteiger partial charge is 0.316 e. The van der Waals surface area contributed by atoms with E-state index in [1.165, 1.54) is 48.9 Å². The highest BCUT2D eigenvalue weighted by Crippen LogP contribution is 2.48. The molecule has 150 valence electrons. The van der Waals surface area contributed by atoms with Crippen LogP contribution in [0, 0.1) is 11.8 Å². The Bertz CT molecular complexity index is 892. The van der Waals surface area contributed by atoms with Gasteiger partial charge in [0.2, 0.25) is 0 Å². The molecule has 1 saturated heterocycles. The summed E-state index contributed by atoms with van der Waals surface area (Å²) in [6.45, 7) is 2.39. The average molecular weight is 399 g/mol. The van der Waals surface area contributed by atoms with Crippen molar-refractivity contribution in [3.05, 3.63) is 35.5 Å². The van der Waals surface area contributed by atoms with E-state index in [1.54, 1.807) is 17.3 Å². The second-order valence-corrected chi connectivity index (χ2v) is 9.68. The molecule has 2 fully saturated rings. The summed E-state index contributed by atoms with van der Waals surface area (Å²) in [5, 5.41) is 1.44. The molecule has 0 amide bonds. The third-order valence-corrected chi connectivity index (χ3v) is 7.84. The van der Waals surface area contributed by atoms with E-state index in [-0.39, 0.29) is 12.1 Å². The zero-order valence-electron chi connectivity index (χ0n) is 16.9. The van der Waals surface area contributed by atoms with Gasteiger partial charge in [-0.05, 0) is 61.8 Å². The van der Waals surface area contributed by atoms with Crippen molar-refractivity contribution in [1.82, 2.24) is 9.47 Å². The number of aryl methyl sites for hydroxylation is 1. The van der Waals surface area contributed by atoms with Crippen LogP contribution in [0.3, 0.4) is 0 Å². The zero-order valence-corrected chi connectivity index (χ0v) is 17.7. The molecule has 0 bridgehead atoms. The number of rotatable bonds is 3. The number of benzene rings is 1. The lowest BCUT2D eigenvalue weighted by atomic mass is 9.70. The Kier molecular flexibility index (Phi) is 4.92. The van der Waals surface area contributed by atoms with Gasteiger partial charge in [-0.3, -0.25) is 9.69 Å². The van der Waals surface area contributed by atoms with Crippen LogP contribution in [0.4, 0.5) is 0 Å². The molecule has 3 heterocycles. The first-order valence-corrected chi connectivity index (χ1v) is 12.0. The van der Waals surface area contributed by atoms with Gasteiger partial charge in [0.1, 0.15) is 6.10 Å². The van der Waals surface area contributed by atoms with Gasteiger partial charge in [0.15, 0.2) is 0 Å². The van der Waals surface area contributed by atoms with Crippen molar-refractivity contribution in [2.75, 3.05) is 25.1 Å². The molecule has 4 atom stereocenters. The van der Waals surface area contributed by atoms with Crippen molar-refractivity contribution in [2.24, 2.45) is 18.9 Å². The number of piperidine rings is 1. The van der Waals surface area contributed by atoms with Crippen LogP contribution in [0.5, 0.6) is 0 Å². The SMILES string of the molecule is CSCC(=O)O[C@H]1CCC2CN3CCc4c(n(C)c5ccccc45)C3CC2C1. The number of carbonyl (C=O) groups excluding carboxylic acids is 1. The summed E-state index contributed by atoms with van der Waals surface area (Å²) in [4.78, 5) is 14.7. The number of fused-ring (bicyclic) bond motifs is 6. The number of ether oxygens (including phenoxy) is 1. The van der Waals surface area contributed by atoms with E-state index in [2.05, 4.69) is 40.8 Å². The van der Waals surface area contributed by atoms with Gasteiger partial charge in [0.05, 0.1) is 11.8 Å². The summed E-state index contributed by atoms with van der Waals surface area (Å²) in [6, 6.07) is 9.38. The average Bonchev–Trinajstić information content (AvgIpc) is 3.00. The van der Waals surface area contributed by atoms with Crippen molar-refractivity contribution in [3.8, 4) is 0 Å². The van der Waals surface area contributed by atoms with Gasteiger partial charge < -0.3 is 9.30 Å². The molecule has 3 unspecified atom stereocenters. The van der Waals surface area contributed by atoms with Gasteiger partial charge in [0.25, 0.3) is 0 Å². The Morgan fingerprint density at radius 2 is 2.07 bits per heavy atom. The first-order valence-electron chi connectivity index (χ1n) is 10.6. The molecule has 0 radical (unpaired) electrons. The summed E-state index contributed by atoms with van der Waals surface area (Å²) in [7, 11) is 2.24. The second-order valence-electron chi connectivity index (χ2n) is 8.81. The molecule has 5 heteroatoms. The maximum absolute atomic E-state index is 12.0. The Labute approximate surface area is 171 Å². The van der Waals surface area contributed by atoms with Crippen molar-refractivity contribution in [1.29, 1.82) is 0 Å². The predicted octanol–water partition coefficient (Wildman–Crippen LogP) is 4.17. The maximum atomic E-state index is 12.0. The molecule has 0 N–H and O–H groups in total. The van der Waals surface area contributed by atoms with Crippen LogP contribution in [0.15, 0.2) is 24.3 Å². The van der Waals surface area contributed by atoms with Crippen molar-refractivity contribution in [2.45, 2.75) is 44.2 Å². The fourth-order valence-electron chi connectivity index (χ4n) is 6.09. The second kappa shape index (κ2) is 7.42. The van der Waals surface area contributed by atoms with Crippen LogP contribution in [0.25, 0.3) is 10.9 Å². The monoisotopic (exact) mass is 398 g/mol. The van der Waals surface area contributed by atoms with E-state index in [9.17, 15) is 4.79 Å². The fourth-order valence-corrected chi connectivity index (χ4v) is 6.39. The highest BCUT2D eigenvalue weighted by molar-refractivity contribution is 7.99. The number of hydrogen-bond acceptors (Lipinski definition) is 4. The number of nitrogens with zero attached hydrogens (tertiary/aromatic N) is 2. The molecule has 3 aliphatic rings. The van der Waals surface area contributed by atoms with Gasteiger partial charge in [-0.15, -0.1) is 0 Å². The first kappa shape index (κ1) is 18.6. The van der Waals surface area contributed by atoms with E-state index in [1.807, 2.05) is 6.26 Å². The minimum atomic E-state index is -0.0398. The van der Waals surface area contributed by atoms with E-state index in [4.69, 9.17) is 4.74 Å². The minimum Gasteiger partial charge on any atom is -0.462 e. The standard InChI is InChI=1S/C23H30N2O2S/c1-24-20-6-4-3-5-18(20)19-9-10-25-13-15-7-8-17(27-22(26)14-28-2)11-16(15)12-21(25)23(19)24/h3-6,15-17,21H,7-14H2,1-2H3/t15?,16?,17-,21?/m0/s1. The van der Waals surface area contributed by atoms with Crippen molar-refractivity contribution < 1.29 is 9.53 Å². The molecule has 2 aliphatic heterocycles. The van der Waals surface area contributed by atoms with Gasteiger partial charge in [-0.2, -0.15) is 11.8 Å². The topological polar surface area (TPSA) is 34.5 Å². The summed E-state index contributed by atoms with van der Waals surface area (Å²) in [6.07, 6.45) is 7.75. The van der Waals surface area contributed by atoms with Crippen LogP contribution in [-0.2, 0) is 23.0 Å². The summed E-state index contributed by atoms with van der Waals surface area (Å²) < 4.78 is 8.22. The van der Waals surface area contributed by atoms with Gasteiger partial charge >= 0.3 is 5.97 Å². The lowest BCUT2D eigenvalue weighted by molar-refractivity contribution is -0.149. The van der Waals surface area contributed by atoms with E-state index in [0.717, 1.165) is 18.8 Å². The number of hydrogen-bond donors (Lipinski definition) is 0. The summed E-state index contributed by atoms with van der Waals surface area (Å²) in [5.41, 5.74) is 4.47. The first-order chi connectivity index (χ1) is 13.7. The van der Waals surface area contributed by atoms with Crippen LogP contribution < -0.4 is 0 Å². The van der Waals surface area contributed by atoms with Crippen LogP contribution >= 0.6 is 11.8 Å². The Morgan fingerprint density at radius 3 is 2.93 bits per heavy atom. The number of carbonyl (C=O) groups is 1. The number of para-hydroxylation sites is 1. The molecular formula is C23H30N2O2S. The maximum Gasteiger partial charge on any atom is 0.316 e. The van der Waals surface area contributed by atoms with Crippen LogP contribution in [0.2, 0.25) is 0 Å². The van der Waals surface area contributed by atoms with Crippen LogP contribution in [0.1, 0.15) is 43.0 Å². The summed E-state index contributed by atoms with van der Waals surface area (Å²) >= 11 is 1.55. The molecule has 5 rings (SSSR count). The lowest BCUT2D eigenvalue weighted by Gasteiger charge is -2.49. The van der Waals surface area contributed by atoms with Gasteiger partial charge in [-0.25, -0.2) is 0 Å². The summed E-state index contributed by atoms with van der Waals surface area (Å²) in [5.74, 6) is 1.87. The van der Waals surface area contributed by atoms with E-state index < -0.39 is 0 Å². The zero-order chi connectivity index (χ0) is 19.3. The number of thioether (sulfide) groups is 1. The molecule has 0 spiro atoms. The lowest BCUT2D eigenvalue weighted by Crippen LogP contribution is -2.48. The predicted molar refractivity (Wildman–Crippen MR) is 115 cm³/mol. The van der Waals surface area contributed by atoms with Gasteiger partial charge in [-0.1, -0.05) is 18.2 Å². The largest absolute Gasteiger partial charge is 0.462 e. The molecular weight excluding hydrogens is 368 g/mol. The van der Waals surface area contributed by atoms with Crippen molar-refractivity contribution >= 4 is 28.6 Å². The Hall–Kier alpha value is -1.46. The molecule has 1 aliphatic carbocycles. The highest BCUT2D eigenvalue weighted by Gasteiger charge is 2.43. The third kappa shape index (κ3) is 3.07. The Morgan fingerprint density at radius 1 is 1.21 bits per heavy atom. The number of aromatic nitrogens is 1. The Balaban J connectivity index is 1.39. The quantitative estimate of drug-likeness (QED) is 0.727. The highest BCUT2D eigenvalue weighted by atomic mass is 32.2. The van der Waals surface area contributed by atoms with E-state index >= 15 is 0 Å². The third-order valence-electron chi connectivity index (χ3n) is 7.31. The van der Waals surface area contributed by atoms with Gasteiger partial charge in [0, 0.05) is 36.7 Å². The molecule has 2 aromatic rings. The normalized spacial score (nSPS) is 29.8. The molecule has 28 heavy (non-hydrogen) atoms. The number of esters is 1.